The molecule has 1 fully saturated rings. The molecule has 4 heteroatoms. The number of nitrogens with zero attached hydrogens (tertiary/aromatic N) is 2. The monoisotopic (exact) mass is 345 g/mol. The Balaban J connectivity index is 1.82. The molecule has 1 N–H and O–H groups in total. The van der Waals surface area contributed by atoms with Gasteiger partial charge in [-0.05, 0) is 30.4 Å². The van der Waals surface area contributed by atoms with Gasteiger partial charge in [-0.1, -0.05) is 60.7 Å². The van der Waals surface area contributed by atoms with Crippen molar-refractivity contribution in [1.82, 2.24) is 10.2 Å². The minimum atomic E-state index is -0.181. The molecular weight excluding hydrogens is 322 g/mol. The zero-order valence-corrected chi connectivity index (χ0v) is 14.8. The molecule has 4 nitrogen and oxygen atoms in total. The summed E-state index contributed by atoms with van der Waals surface area (Å²) < 4.78 is 0. The van der Waals surface area contributed by atoms with E-state index in [0.717, 1.165) is 43.5 Å². The van der Waals surface area contributed by atoms with Gasteiger partial charge in [0.25, 0.3) is 5.91 Å². The Hall–Kier alpha value is -3.06. The van der Waals surface area contributed by atoms with Crippen LogP contribution in [0, 0.1) is 11.3 Å². The van der Waals surface area contributed by atoms with Crippen LogP contribution in [0.15, 0.2) is 72.4 Å². The normalized spacial score (nSPS) is 14.8. The van der Waals surface area contributed by atoms with E-state index in [4.69, 9.17) is 0 Å². The summed E-state index contributed by atoms with van der Waals surface area (Å²) in [6.45, 7) is 1.47. The summed E-state index contributed by atoms with van der Waals surface area (Å²) in [5, 5.41) is 12.8. The van der Waals surface area contributed by atoms with Crippen LogP contribution in [0.3, 0.4) is 0 Å². The molecule has 1 aliphatic heterocycles. The van der Waals surface area contributed by atoms with Crippen LogP contribution in [0.4, 0.5) is 0 Å². The van der Waals surface area contributed by atoms with E-state index < -0.39 is 0 Å². The van der Waals surface area contributed by atoms with E-state index >= 15 is 0 Å². The highest BCUT2D eigenvalue weighted by atomic mass is 16.2. The number of nitriles is 1. The summed E-state index contributed by atoms with van der Waals surface area (Å²) in [4.78, 5) is 14.4. The molecule has 0 radical (unpaired) electrons. The third kappa shape index (κ3) is 4.31. The zero-order valence-electron chi connectivity index (χ0n) is 14.8. The van der Waals surface area contributed by atoms with Crippen molar-refractivity contribution < 1.29 is 4.79 Å². The smallest absolute Gasteiger partial charge is 0.265 e. The fraction of sp³-hybridized carbons (Fsp3) is 0.273. The average Bonchev–Trinajstić information content (AvgIpc) is 2.73. The first-order valence-corrected chi connectivity index (χ1v) is 9.05. The maximum Gasteiger partial charge on any atom is 0.265 e. The lowest BCUT2D eigenvalue weighted by molar-refractivity contribution is -0.127. The lowest BCUT2D eigenvalue weighted by Crippen LogP contribution is -2.36. The lowest BCUT2D eigenvalue weighted by atomic mass is 9.99. The van der Waals surface area contributed by atoms with Crippen molar-refractivity contribution in [3.8, 4) is 6.07 Å². The summed E-state index contributed by atoms with van der Waals surface area (Å²) in [5.74, 6) is -0.181. The molecule has 0 saturated carbocycles. The van der Waals surface area contributed by atoms with Gasteiger partial charge in [-0.2, -0.15) is 5.26 Å². The fourth-order valence-corrected chi connectivity index (χ4v) is 3.25. The first-order chi connectivity index (χ1) is 12.8. The SMILES string of the molecule is N#C/C(=C/NC(c1ccccc1)c1ccccc1)C(=O)N1CCCCC1. The van der Waals surface area contributed by atoms with Gasteiger partial charge in [-0.3, -0.25) is 4.79 Å². The minimum absolute atomic E-state index is 0.116. The predicted octanol–water partition coefficient (Wildman–Crippen LogP) is 3.79. The summed E-state index contributed by atoms with van der Waals surface area (Å²) in [6.07, 6.45) is 4.74. The molecule has 0 bridgehead atoms. The van der Waals surface area contributed by atoms with E-state index in [0.29, 0.717) is 0 Å². The van der Waals surface area contributed by atoms with Crippen LogP contribution in [0.1, 0.15) is 36.4 Å². The van der Waals surface area contributed by atoms with Crippen LogP contribution >= 0.6 is 0 Å². The number of rotatable bonds is 5. The van der Waals surface area contributed by atoms with E-state index in [1.165, 1.54) is 0 Å². The van der Waals surface area contributed by atoms with E-state index in [-0.39, 0.29) is 17.5 Å². The van der Waals surface area contributed by atoms with Crippen molar-refractivity contribution in [1.29, 1.82) is 5.26 Å². The van der Waals surface area contributed by atoms with E-state index in [9.17, 15) is 10.1 Å². The van der Waals surface area contributed by atoms with Crippen molar-refractivity contribution in [3.63, 3.8) is 0 Å². The second-order valence-corrected chi connectivity index (χ2v) is 6.44. The molecule has 26 heavy (non-hydrogen) atoms. The zero-order chi connectivity index (χ0) is 18.2. The Labute approximate surface area is 154 Å². The molecule has 1 saturated heterocycles. The largest absolute Gasteiger partial charge is 0.379 e. The Kier molecular flexibility index (Phi) is 6.05. The Morgan fingerprint density at radius 1 is 0.962 bits per heavy atom. The molecule has 0 aliphatic carbocycles. The molecule has 0 spiro atoms. The molecule has 1 aliphatic rings. The topological polar surface area (TPSA) is 56.1 Å². The standard InChI is InChI=1S/C22H23N3O/c23-16-20(22(26)25-14-8-3-9-15-25)17-24-21(18-10-4-1-5-11-18)19-12-6-2-7-13-19/h1-2,4-7,10-13,17,21,24H,3,8-9,14-15H2/b20-17-. The predicted molar refractivity (Wildman–Crippen MR) is 102 cm³/mol. The molecule has 2 aromatic carbocycles. The number of likely N-dealkylation sites (tertiary alicyclic amines) is 1. The van der Waals surface area contributed by atoms with E-state index in [2.05, 4.69) is 11.4 Å². The van der Waals surface area contributed by atoms with Gasteiger partial charge in [-0.15, -0.1) is 0 Å². The van der Waals surface area contributed by atoms with Gasteiger partial charge in [0.1, 0.15) is 11.6 Å². The first kappa shape index (κ1) is 17.8. The fourth-order valence-electron chi connectivity index (χ4n) is 3.25. The minimum Gasteiger partial charge on any atom is -0.379 e. The van der Waals surface area contributed by atoms with Crippen LogP contribution in [-0.2, 0) is 4.79 Å². The van der Waals surface area contributed by atoms with Crippen LogP contribution in [0.25, 0.3) is 0 Å². The first-order valence-electron chi connectivity index (χ1n) is 9.05. The number of carbonyl (C=O) groups is 1. The maximum absolute atomic E-state index is 12.6. The van der Waals surface area contributed by atoms with Crippen molar-refractivity contribution in [2.24, 2.45) is 0 Å². The van der Waals surface area contributed by atoms with Gasteiger partial charge in [0.15, 0.2) is 0 Å². The molecule has 0 aromatic heterocycles. The van der Waals surface area contributed by atoms with E-state index in [1.54, 1.807) is 11.1 Å². The summed E-state index contributed by atoms with van der Waals surface area (Å²) in [6, 6.07) is 22.0. The molecule has 2 aromatic rings. The molecule has 0 atom stereocenters. The van der Waals surface area contributed by atoms with E-state index in [1.807, 2.05) is 60.7 Å². The van der Waals surface area contributed by atoms with Gasteiger partial charge in [0, 0.05) is 19.3 Å². The maximum atomic E-state index is 12.6. The Morgan fingerprint density at radius 3 is 2.00 bits per heavy atom. The van der Waals surface area contributed by atoms with Crippen LogP contribution in [0.2, 0.25) is 0 Å². The van der Waals surface area contributed by atoms with Gasteiger partial charge in [-0.25, -0.2) is 0 Å². The van der Waals surface area contributed by atoms with Crippen molar-refractivity contribution in [2.45, 2.75) is 25.3 Å². The number of hydrogen-bond acceptors (Lipinski definition) is 3. The van der Waals surface area contributed by atoms with Gasteiger partial charge < -0.3 is 10.2 Å². The number of hydrogen-bond donors (Lipinski definition) is 1. The number of carbonyl (C=O) groups excluding carboxylic acids is 1. The van der Waals surface area contributed by atoms with Gasteiger partial charge >= 0.3 is 0 Å². The highest BCUT2D eigenvalue weighted by molar-refractivity contribution is 5.97. The number of nitrogens with one attached hydrogen (secondary N) is 1. The van der Waals surface area contributed by atoms with Crippen LogP contribution in [0.5, 0.6) is 0 Å². The highest BCUT2D eigenvalue weighted by Gasteiger charge is 2.21. The second kappa shape index (κ2) is 8.87. The van der Waals surface area contributed by atoms with Crippen LogP contribution < -0.4 is 5.32 Å². The van der Waals surface area contributed by atoms with Gasteiger partial charge in [0.05, 0.1) is 6.04 Å². The third-order valence-electron chi connectivity index (χ3n) is 4.65. The Bertz CT molecular complexity index is 748. The quantitative estimate of drug-likeness (QED) is 0.663. The van der Waals surface area contributed by atoms with Crippen LogP contribution in [-0.4, -0.2) is 23.9 Å². The van der Waals surface area contributed by atoms with Gasteiger partial charge in [0.2, 0.25) is 0 Å². The van der Waals surface area contributed by atoms with Crippen molar-refractivity contribution in [2.75, 3.05) is 13.1 Å². The second-order valence-electron chi connectivity index (χ2n) is 6.44. The molecular formula is C22H23N3O. The lowest BCUT2D eigenvalue weighted by Gasteiger charge is -2.26. The Morgan fingerprint density at radius 2 is 1.50 bits per heavy atom. The van der Waals surface area contributed by atoms with Crippen molar-refractivity contribution >= 4 is 5.91 Å². The number of amides is 1. The highest BCUT2D eigenvalue weighted by Crippen LogP contribution is 2.22. The molecule has 1 heterocycles. The molecule has 3 rings (SSSR count). The molecule has 1 amide bonds. The average molecular weight is 345 g/mol. The summed E-state index contributed by atoms with van der Waals surface area (Å²) in [7, 11) is 0. The summed E-state index contributed by atoms with van der Waals surface area (Å²) in [5.41, 5.74) is 2.32. The summed E-state index contributed by atoms with van der Waals surface area (Å²) >= 11 is 0. The molecule has 132 valence electrons. The van der Waals surface area contributed by atoms with Crippen molar-refractivity contribution in [3.05, 3.63) is 83.6 Å². The number of benzene rings is 2. The number of piperidine rings is 1. The third-order valence-corrected chi connectivity index (χ3v) is 4.65. The molecule has 0 unspecified atom stereocenters.